The highest BCUT2D eigenvalue weighted by atomic mass is 15.2. The number of rotatable bonds is 3. The van der Waals surface area contributed by atoms with Crippen LogP contribution in [-0.2, 0) is 0 Å². The highest BCUT2D eigenvalue weighted by Gasteiger charge is 2.19. The van der Waals surface area contributed by atoms with Gasteiger partial charge in [0.05, 0.1) is 0 Å². The van der Waals surface area contributed by atoms with E-state index in [1.807, 2.05) is 18.5 Å². The topological polar surface area (TPSA) is 53.9 Å². The Morgan fingerprint density at radius 2 is 1.74 bits per heavy atom. The number of pyridine rings is 1. The Hall–Kier alpha value is -2.17. The van der Waals surface area contributed by atoms with Gasteiger partial charge in [-0.1, -0.05) is 0 Å². The number of anilines is 2. The fourth-order valence-electron chi connectivity index (χ4n) is 2.42. The smallest absolute Gasteiger partial charge is 0.129 e. The summed E-state index contributed by atoms with van der Waals surface area (Å²) in [6, 6.07) is 6.54. The third-order valence-corrected chi connectivity index (χ3v) is 3.46. The second-order valence-corrected chi connectivity index (χ2v) is 4.71. The standard InChI is InChI=1S/C14H17N5/c1-6-15-7-2-13(1)19-9-4-12(5-10-19)18-14-3-8-16-11-17-14/h1-3,6-8,11-12H,4-5,9-10H2,(H,16,17,18). The zero-order valence-corrected chi connectivity index (χ0v) is 10.7. The number of hydrogen-bond donors (Lipinski definition) is 1. The van der Waals surface area contributed by atoms with Crippen molar-refractivity contribution in [2.45, 2.75) is 18.9 Å². The van der Waals surface area contributed by atoms with Crippen LogP contribution < -0.4 is 10.2 Å². The van der Waals surface area contributed by atoms with E-state index in [0.29, 0.717) is 6.04 Å². The zero-order chi connectivity index (χ0) is 12.9. The quantitative estimate of drug-likeness (QED) is 0.908. The lowest BCUT2D eigenvalue weighted by molar-refractivity contribution is 0.525. The van der Waals surface area contributed by atoms with Crippen molar-refractivity contribution in [2.75, 3.05) is 23.3 Å². The third kappa shape index (κ3) is 2.99. The summed E-state index contributed by atoms with van der Waals surface area (Å²) in [5.74, 6) is 0.914. The monoisotopic (exact) mass is 255 g/mol. The van der Waals surface area contributed by atoms with Gasteiger partial charge in [0.2, 0.25) is 0 Å². The lowest BCUT2D eigenvalue weighted by atomic mass is 10.0. The first-order valence-electron chi connectivity index (χ1n) is 6.59. The molecule has 1 aliphatic heterocycles. The van der Waals surface area contributed by atoms with Gasteiger partial charge in [0.15, 0.2) is 0 Å². The van der Waals surface area contributed by atoms with Gasteiger partial charge in [-0.25, -0.2) is 9.97 Å². The first-order valence-corrected chi connectivity index (χ1v) is 6.59. The van der Waals surface area contributed by atoms with Crippen LogP contribution in [0, 0.1) is 0 Å². The molecule has 0 saturated carbocycles. The molecule has 2 aromatic rings. The maximum absolute atomic E-state index is 4.21. The molecule has 0 unspecified atom stereocenters. The summed E-state index contributed by atoms with van der Waals surface area (Å²) in [5, 5.41) is 3.46. The molecule has 0 spiro atoms. The van der Waals surface area contributed by atoms with Gasteiger partial charge >= 0.3 is 0 Å². The van der Waals surface area contributed by atoms with Crippen molar-refractivity contribution >= 4 is 11.5 Å². The van der Waals surface area contributed by atoms with Gasteiger partial charge in [-0.15, -0.1) is 0 Å². The minimum atomic E-state index is 0.494. The predicted octanol–water partition coefficient (Wildman–Crippen LogP) is 1.95. The van der Waals surface area contributed by atoms with Gasteiger partial charge < -0.3 is 10.2 Å². The summed E-state index contributed by atoms with van der Waals surface area (Å²) in [5.41, 5.74) is 1.26. The van der Waals surface area contributed by atoms with Crippen molar-refractivity contribution in [1.29, 1.82) is 0 Å². The minimum absolute atomic E-state index is 0.494. The van der Waals surface area contributed by atoms with Gasteiger partial charge in [-0.05, 0) is 31.0 Å². The molecule has 0 aromatic carbocycles. The molecular formula is C14H17N5. The van der Waals surface area contributed by atoms with Crippen LogP contribution in [0.1, 0.15) is 12.8 Å². The Kier molecular flexibility index (Phi) is 3.54. The normalized spacial score (nSPS) is 16.3. The predicted molar refractivity (Wildman–Crippen MR) is 75.1 cm³/mol. The first-order chi connectivity index (χ1) is 9.42. The molecule has 0 radical (unpaired) electrons. The molecule has 0 bridgehead atoms. The van der Waals surface area contributed by atoms with Gasteiger partial charge in [-0.2, -0.15) is 0 Å². The lowest BCUT2D eigenvalue weighted by Crippen LogP contribution is -2.39. The van der Waals surface area contributed by atoms with E-state index >= 15 is 0 Å². The average molecular weight is 255 g/mol. The van der Waals surface area contributed by atoms with Gasteiger partial charge in [0.1, 0.15) is 12.1 Å². The largest absolute Gasteiger partial charge is 0.371 e. The summed E-state index contributed by atoms with van der Waals surface area (Å²) in [6.07, 6.45) is 9.27. The summed E-state index contributed by atoms with van der Waals surface area (Å²) in [4.78, 5) is 14.6. The Morgan fingerprint density at radius 3 is 2.42 bits per heavy atom. The molecule has 1 saturated heterocycles. The van der Waals surface area contributed by atoms with Crippen LogP contribution in [0.15, 0.2) is 43.1 Å². The molecule has 5 heteroatoms. The Morgan fingerprint density at radius 1 is 1.00 bits per heavy atom. The van der Waals surface area contributed by atoms with Gasteiger partial charge in [0.25, 0.3) is 0 Å². The molecule has 19 heavy (non-hydrogen) atoms. The number of piperidine rings is 1. The Balaban J connectivity index is 1.55. The van der Waals surface area contributed by atoms with E-state index in [9.17, 15) is 0 Å². The zero-order valence-electron chi connectivity index (χ0n) is 10.7. The molecule has 3 rings (SSSR count). The summed E-state index contributed by atoms with van der Waals surface area (Å²) >= 11 is 0. The van der Waals surface area contributed by atoms with Crippen LogP contribution in [-0.4, -0.2) is 34.1 Å². The first kappa shape index (κ1) is 11.9. The minimum Gasteiger partial charge on any atom is -0.371 e. The van der Waals surface area contributed by atoms with E-state index < -0.39 is 0 Å². The lowest BCUT2D eigenvalue weighted by Gasteiger charge is -2.34. The molecular weight excluding hydrogens is 238 g/mol. The number of hydrogen-bond acceptors (Lipinski definition) is 5. The van der Waals surface area contributed by atoms with E-state index in [1.165, 1.54) is 5.69 Å². The third-order valence-electron chi connectivity index (χ3n) is 3.46. The van der Waals surface area contributed by atoms with Gasteiger partial charge in [0, 0.05) is 43.4 Å². The van der Waals surface area contributed by atoms with Crippen LogP contribution >= 0.6 is 0 Å². The average Bonchev–Trinajstić information content (AvgIpc) is 2.50. The van der Waals surface area contributed by atoms with Crippen LogP contribution in [0.2, 0.25) is 0 Å². The van der Waals surface area contributed by atoms with Crippen molar-refractivity contribution in [3.05, 3.63) is 43.1 Å². The number of nitrogens with zero attached hydrogens (tertiary/aromatic N) is 4. The maximum atomic E-state index is 4.21. The molecule has 0 amide bonds. The van der Waals surface area contributed by atoms with E-state index in [-0.39, 0.29) is 0 Å². The van der Waals surface area contributed by atoms with Crippen LogP contribution in [0.5, 0.6) is 0 Å². The molecule has 1 fully saturated rings. The molecule has 5 nitrogen and oxygen atoms in total. The molecule has 0 aliphatic carbocycles. The van der Waals surface area contributed by atoms with Crippen LogP contribution in [0.4, 0.5) is 11.5 Å². The fraction of sp³-hybridized carbons (Fsp3) is 0.357. The van der Waals surface area contributed by atoms with Crippen molar-refractivity contribution in [3.63, 3.8) is 0 Å². The van der Waals surface area contributed by atoms with Gasteiger partial charge in [-0.3, -0.25) is 4.98 Å². The van der Waals surface area contributed by atoms with Crippen molar-refractivity contribution in [1.82, 2.24) is 15.0 Å². The Bertz CT molecular complexity index is 494. The second kappa shape index (κ2) is 5.65. The fourth-order valence-corrected chi connectivity index (χ4v) is 2.42. The Labute approximate surface area is 112 Å². The van der Waals surface area contributed by atoms with Crippen LogP contribution in [0.25, 0.3) is 0 Å². The van der Waals surface area contributed by atoms with Crippen molar-refractivity contribution < 1.29 is 0 Å². The van der Waals surface area contributed by atoms with Crippen LogP contribution in [0.3, 0.4) is 0 Å². The summed E-state index contributed by atoms with van der Waals surface area (Å²) in [7, 11) is 0. The van der Waals surface area contributed by atoms with E-state index in [1.54, 1.807) is 12.5 Å². The molecule has 2 aromatic heterocycles. The maximum Gasteiger partial charge on any atom is 0.129 e. The van der Waals surface area contributed by atoms with E-state index in [4.69, 9.17) is 0 Å². The highest BCUT2D eigenvalue weighted by Crippen LogP contribution is 2.20. The summed E-state index contributed by atoms with van der Waals surface area (Å²) < 4.78 is 0. The second-order valence-electron chi connectivity index (χ2n) is 4.71. The molecule has 3 heterocycles. The highest BCUT2D eigenvalue weighted by molar-refractivity contribution is 5.45. The summed E-state index contributed by atoms with van der Waals surface area (Å²) in [6.45, 7) is 2.12. The van der Waals surface area contributed by atoms with E-state index in [0.717, 1.165) is 31.7 Å². The van der Waals surface area contributed by atoms with Crippen molar-refractivity contribution in [3.8, 4) is 0 Å². The molecule has 1 N–H and O–H groups in total. The number of nitrogens with one attached hydrogen (secondary N) is 1. The van der Waals surface area contributed by atoms with Crippen molar-refractivity contribution in [2.24, 2.45) is 0 Å². The molecule has 1 aliphatic rings. The molecule has 98 valence electrons. The SMILES string of the molecule is c1cc(N2CCC(Nc3ccncn3)CC2)ccn1. The molecule has 0 atom stereocenters. The van der Waals surface area contributed by atoms with E-state index in [2.05, 4.69) is 37.3 Å². The number of aromatic nitrogens is 3.